The first-order valence-corrected chi connectivity index (χ1v) is 12.5. The number of hydrogen-bond acceptors (Lipinski definition) is 4. The van der Waals surface area contributed by atoms with Gasteiger partial charge in [-0.3, -0.25) is 4.79 Å². The highest BCUT2D eigenvalue weighted by Crippen LogP contribution is 2.35. The average molecular weight is 480 g/mol. The van der Waals surface area contributed by atoms with Gasteiger partial charge in [-0.25, -0.2) is 4.79 Å². The number of para-hydroxylation sites is 1. The lowest BCUT2D eigenvalue weighted by molar-refractivity contribution is -0.129. The second-order valence-electron chi connectivity index (χ2n) is 9.18. The number of rotatable bonds is 7. The van der Waals surface area contributed by atoms with Crippen LogP contribution in [0.3, 0.4) is 0 Å². The molecule has 3 aromatic carbocycles. The summed E-state index contributed by atoms with van der Waals surface area (Å²) in [6.07, 6.45) is 7.08. The summed E-state index contributed by atoms with van der Waals surface area (Å²) in [5.74, 6) is -1.67. The molecule has 0 radical (unpaired) electrons. The summed E-state index contributed by atoms with van der Waals surface area (Å²) >= 11 is 0. The number of carboxylic acid groups (broad SMARTS) is 1. The zero-order valence-corrected chi connectivity index (χ0v) is 20.4. The first-order valence-electron chi connectivity index (χ1n) is 12.5. The molecule has 36 heavy (non-hydrogen) atoms. The molecule has 0 spiro atoms. The van der Waals surface area contributed by atoms with Gasteiger partial charge in [0.1, 0.15) is 0 Å². The molecule has 0 aliphatic carbocycles. The molecule has 0 saturated carbocycles. The van der Waals surface area contributed by atoms with Gasteiger partial charge in [0.15, 0.2) is 5.71 Å². The zero-order chi connectivity index (χ0) is 25.1. The van der Waals surface area contributed by atoms with Gasteiger partial charge in [0.25, 0.3) is 5.91 Å². The summed E-state index contributed by atoms with van der Waals surface area (Å²) in [5.41, 5.74) is 6.04. The zero-order valence-electron chi connectivity index (χ0n) is 20.4. The van der Waals surface area contributed by atoms with E-state index >= 15 is 0 Å². The first-order chi connectivity index (χ1) is 17.5. The molecule has 182 valence electrons. The summed E-state index contributed by atoms with van der Waals surface area (Å²) < 4.78 is 0. The molecule has 0 atom stereocenters. The Morgan fingerprint density at radius 2 is 1.81 bits per heavy atom. The van der Waals surface area contributed by atoms with E-state index in [1.807, 2.05) is 12.1 Å². The highest BCUT2D eigenvalue weighted by Gasteiger charge is 2.35. The van der Waals surface area contributed by atoms with E-state index in [4.69, 9.17) is 0 Å². The largest absolute Gasteiger partial charge is 0.476 e. The van der Waals surface area contributed by atoms with Gasteiger partial charge in [-0.15, -0.1) is 0 Å². The van der Waals surface area contributed by atoms with E-state index in [0.717, 1.165) is 42.1 Å². The molecule has 5 rings (SSSR count). The van der Waals surface area contributed by atoms with Crippen molar-refractivity contribution in [3.8, 4) is 0 Å². The minimum atomic E-state index is -1.22. The van der Waals surface area contributed by atoms with Crippen LogP contribution in [0, 0.1) is 0 Å². The predicted molar refractivity (Wildman–Crippen MR) is 144 cm³/mol. The lowest BCUT2D eigenvalue weighted by atomic mass is 9.97. The molecule has 0 unspecified atom stereocenters. The Morgan fingerprint density at radius 1 is 1.03 bits per heavy atom. The van der Waals surface area contributed by atoms with Crippen LogP contribution in [0.15, 0.2) is 83.5 Å². The van der Waals surface area contributed by atoms with E-state index in [9.17, 15) is 14.7 Å². The molecule has 2 heterocycles. The monoisotopic (exact) mass is 479 g/mol. The number of unbranched alkanes of at least 4 members (excludes halogenated alkanes) is 1. The van der Waals surface area contributed by atoms with Crippen molar-refractivity contribution in [3.05, 3.63) is 95.1 Å². The maximum absolute atomic E-state index is 13.1. The van der Waals surface area contributed by atoms with Gasteiger partial charge < -0.3 is 10.0 Å². The number of carbonyl (C=O) groups is 2. The van der Waals surface area contributed by atoms with Crippen molar-refractivity contribution in [1.29, 1.82) is 0 Å². The SMILES string of the molecule is CCCCc1ccc(N2CCCc3cc(C=C4C(=O)N(c5ccccc5)N=C4C(=O)O)ccc32)cc1. The number of amides is 1. The summed E-state index contributed by atoms with van der Waals surface area (Å²) in [4.78, 5) is 27.3. The van der Waals surface area contributed by atoms with Crippen LogP contribution in [0.4, 0.5) is 17.1 Å². The predicted octanol–water partition coefficient (Wildman–Crippen LogP) is 5.98. The van der Waals surface area contributed by atoms with Crippen molar-refractivity contribution < 1.29 is 14.7 Å². The van der Waals surface area contributed by atoms with Crippen LogP contribution >= 0.6 is 0 Å². The first kappa shape index (κ1) is 23.5. The fourth-order valence-electron chi connectivity index (χ4n) is 4.81. The fraction of sp³-hybridized carbons (Fsp3) is 0.233. The number of nitrogens with zero attached hydrogens (tertiary/aromatic N) is 3. The molecular formula is C30H29N3O3. The van der Waals surface area contributed by atoms with E-state index in [1.54, 1.807) is 30.3 Å². The number of fused-ring (bicyclic) bond motifs is 1. The smallest absolute Gasteiger partial charge is 0.357 e. The average Bonchev–Trinajstić information content (AvgIpc) is 3.24. The number of aliphatic carboxylic acids is 1. The molecule has 1 amide bonds. The molecule has 0 fully saturated rings. The highest BCUT2D eigenvalue weighted by atomic mass is 16.4. The van der Waals surface area contributed by atoms with Gasteiger partial charge in [0.2, 0.25) is 0 Å². The van der Waals surface area contributed by atoms with E-state index < -0.39 is 11.9 Å². The molecule has 1 N–H and O–H groups in total. The second-order valence-corrected chi connectivity index (χ2v) is 9.18. The second kappa shape index (κ2) is 10.2. The molecule has 6 heteroatoms. The number of hydrazone groups is 1. The van der Waals surface area contributed by atoms with Crippen molar-refractivity contribution in [2.45, 2.75) is 39.0 Å². The summed E-state index contributed by atoms with van der Waals surface area (Å²) in [6.45, 7) is 3.16. The van der Waals surface area contributed by atoms with Crippen LogP contribution in [0.25, 0.3) is 6.08 Å². The Labute approximate surface area is 211 Å². The lowest BCUT2D eigenvalue weighted by Crippen LogP contribution is -2.24. The Morgan fingerprint density at radius 3 is 2.53 bits per heavy atom. The van der Waals surface area contributed by atoms with E-state index in [2.05, 4.69) is 53.3 Å². The Bertz CT molecular complexity index is 1340. The Balaban J connectivity index is 1.43. The number of benzene rings is 3. The molecule has 2 aliphatic heterocycles. The fourth-order valence-corrected chi connectivity index (χ4v) is 4.81. The van der Waals surface area contributed by atoms with Gasteiger partial charge in [0, 0.05) is 17.9 Å². The number of aryl methyl sites for hydroxylation is 2. The third-order valence-corrected chi connectivity index (χ3v) is 6.68. The van der Waals surface area contributed by atoms with E-state index in [0.29, 0.717) is 5.69 Å². The van der Waals surface area contributed by atoms with Gasteiger partial charge >= 0.3 is 5.97 Å². The molecule has 0 saturated heterocycles. The minimum absolute atomic E-state index is 0.0848. The Kier molecular flexibility index (Phi) is 6.67. The van der Waals surface area contributed by atoms with Gasteiger partial charge in [0.05, 0.1) is 11.3 Å². The quantitative estimate of drug-likeness (QED) is 0.423. The molecule has 6 nitrogen and oxygen atoms in total. The molecule has 2 aliphatic rings. The maximum Gasteiger partial charge on any atom is 0.357 e. The summed E-state index contributed by atoms with van der Waals surface area (Å²) in [5, 5.41) is 15.0. The summed E-state index contributed by atoms with van der Waals surface area (Å²) in [6, 6.07) is 23.8. The van der Waals surface area contributed by atoms with Crippen molar-refractivity contribution in [2.24, 2.45) is 5.10 Å². The third kappa shape index (κ3) is 4.67. The molecular weight excluding hydrogens is 450 g/mol. The molecule has 3 aromatic rings. The van der Waals surface area contributed by atoms with Crippen molar-refractivity contribution >= 4 is 40.7 Å². The standard InChI is InChI=1S/C30H29N3O3/c1-2-3-8-21-12-15-24(16-13-21)32-18-7-9-23-19-22(14-17-27(23)32)20-26-28(30(35)36)31-33(29(26)34)25-10-5-4-6-11-25/h4-6,10-17,19-20H,2-3,7-9,18H2,1H3,(H,35,36). The number of carboxylic acids is 1. The van der Waals surface area contributed by atoms with Crippen molar-refractivity contribution in [2.75, 3.05) is 16.5 Å². The van der Waals surface area contributed by atoms with Crippen LogP contribution in [0.5, 0.6) is 0 Å². The molecule has 0 aromatic heterocycles. The van der Waals surface area contributed by atoms with Crippen LogP contribution in [0.1, 0.15) is 42.9 Å². The normalized spacial score (nSPS) is 16.3. The van der Waals surface area contributed by atoms with Crippen LogP contribution < -0.4 is 9.91 Å². The van der Waals surface area contributed by atoms with Crippen molar-refractivity contribution in [3.63, 3.8) is 0 Å². The third-order valence-electron chi connectivity index (χ3n) is 6.68. The Hall–Kier alpha value is -4.19. The lowest BCUT2D eigenvalue weighted by Gasteiger charge is -2.31. The van der Waals surface area contributed by atoms with E-state index in [1.165, 1.54) is 29.7 Å². The number of hydrogen-bond donors (Lipinski definition) is 1. The van der Waals surface area contributed by atoms with Crippen LogP contribution in [-0.4, -0.2) is 29.2 Å². The minimum Gasteiger partial charge on any atom is -0.476 e. The van der Waals surface area contributed by atoms with Gasteiger partial charge in [-0.2, -0.15) is 10.1 Å². The highest BCUT2D eigenvalue weighted by molar-refractivity contribution is 6.53. The number of carbonyl (C=O) groups excluding carboxylic acids is 1. The van der Waals surface area contributed by atoms with Gasteiger partial charge in [-0.05, 0) is 84.8 Å². The van der Waals surface area contributed by atoms with E-state index in [-0.39, 0.29) is 11.3 Å². The molecule has 0 bridgehead atoms. The van der Waals surface area contributed by atoms with Crippen LogP contribution in [-0.2, 0) is 22.4 Å². The topological polar surface area (TPSA) is 73.2 Å². The summed E-state index contributed by atoms with van der Waals surface area (Å²) in [7, 11) is 0. The maximum atomic E-state index is 13.1. The van der Waals surface area contributed by atoms with Crippen molar-refractivity contribution in [1.82, 2.24) is 0 Å². The number of anilines is 3. The van der Waals surface area contributed by atoms with Crippen LogP contribution in [0.2, 0.25) is 0 Å². The van der Waals surface area contributed by atoms with Gasteiger partial charge in [-0.1, -0.05) is 49.7 Å².